The number of aliphatic carboxylic acids is 2. The van der Waals surface area contributed by atoms with E-state index in [1.54, 1.807) is 30.3 Å². The second kappa shape index (κ2) is 15.5. The molecule has 0 aromatic heterocycles. The molecule has 2 rings (SSSR count). The molecule has 1 aromatic rings. The van der Waals surface area contributed by atoms with Crippen LogP contribution < -0.4 is 21.3 Å². The van der Waals surface area contributed by atoms with Crippen molar-refractivity contribution in [2.45, 2.75) is 56.7 Å². The number of hydrogen-bond donors (Lipinski definition) is 6. The van der Waals surface area contributed by atoms with Crippen LogP contribution in [0.25, 0.3) is 0 Å². The maximum atomic E-state index is 12.6. The summed E-state index contributed by atoms with van der Waals surface area (Å²) in [6.07, 6.45) is 1.23. The summed E-state index contributed by atoms with van der Waals surface area (Å²) >= 11 is 0. The predicted octanol–water partition coefficient (Wildman–Crippen LogP) is -0.577. The number of carbonyl (C=O) groups is 5. The molecule has 12 nitrogen and oxygen atoms in total. The molecule has 1 heterocycles. The SMILES string of the molecule is O=C(O)C[C@H](NC(=O)CCCNC(=O)COC1CCNCC1)C(=O)N[C@@H](Cc1ccccc1)C(=O)O. The topological polar surface area (TPSA) is 183 Å². The van der Waals surface area contributed by atoms with Gasteiger partial charge in [-0.15, -0.1) is 0 Å². The lowest BCUT2D eigenvalue weighted by Crippen LogP contribution is -2.53. The fourth-order valence-corrected chi connectivity index (χ4v) is 3.66. The molecule has 1 fully saturated rings. The van der Waals surface area contributed by atoms with E-state index in [1.807, 2.05) is 0 Å². The van der Waals surface area contributed by atoms with E-state index >= 15 is 0 Å². The van der Waals surface area contributed by atoms with Crippen LogP contribution in [0, 0.1) is 0 Å². The Hall–Kier alpha value is -3.51. The van der Waals surface area contributed by atoms with Gasteiger partial charge in [-0.25, -0.2) is 4.79 Å². The van der Waals surface area contributed by atoms with Gasteiger partial charge in [-0.05, 0) is 37.9 Å². The van der Waals surface area contributed by atoms with Crippen molar-refractivity contribution in [2.24, 2.45) is 0 Å². The van der Waals surface area contributed by atoms with Crippen molar-refractivity contribution in [3.05, 3.63) is 35.9 Å². The molecule has 2 atom stereocenters. The number of amides is 3. The normalized spacial score (nSPS) is 15.3. The van der Waals surface area contributed by atoms with E-state index in [-0.39, 0.29) is 44.4 Å². The van der Waals surface area contributed by atoms with Crippen molar-refractivity contribution in [3.8, 4) is 0 Å². The summed E-state index contributed by atoms with van der Waals surface area (Å²) in [6, 6.07) is 5.90. The van der Waals surface area contributed by atoms with Gasteiger partial charge in [0.05, 0.1) is 12.5 Å². The second-order valence-corrected chi connectivity index (χ2v) is 8.52. The summed E-state index contributed by atoms with van der Waals surface area (Å²) in [4.78, 5) is 59.6. The van der Waals surface area contributed by atoms with Gasteiger partial charge in [0.2, 0.25) is 17.7 Å². The number of nitrogens with one attached hydrogen (secondary N) is 4. The number of piperidine rings is 1. The minimum atomic E-state index is -1.44. The first kappa shape index (κ1) is 28.7. The lowest BCUT2D eigenvalue weighted by atomic mass is 10.1. The third kappa shape index (κ3) is 11.3. The molecule has 0 radical (unpaired) electrons. The van der Waals surface area contributed by atoms with Crippen molar-refractivity contribution in [3.63, 3.8) is 0 Å². The molecule has 1 aliphatic rings. The fourth-order valence-electron chi connectivity index (χ4n) is 3.66. The number of carbonyl (C=O) groups excluding carboxylic acids is 3. The molecule has 1 saturated heterocycles. The Morgan fingerprint density at radius 1 is 0.972 bits per heavy atom. The molecule has 0 aliphatic carbocycles. The van der Waals surface area contributed by atoms with E-state index in [9.17, 15) is 29.1 Å². The summed E-state index contributed by atoms with van der Waals surface area (Å²) in [5, 5.41) is 29.1. The van der Waals surface area contributed by atoms with Crippen LogP contribution in [0.1, 0.15) is 37.7 Å². The highest BCUT2D eigenvalue weighted by molar-refractivity contribution is 5.92. The maximum Gasteiger partial charge on any atom is 0.326 e. The van der Waals surface area contributed by atoms with Gasteiger partial charge in [0, 0.05) is 19.4 Å². The van der Waals surface area contributed by atoms with E-state index in [2.05, 4.69) is 21.3 Å². The van der Waals surface area contributed by atoms with E-state index in [0.717, 1.165) is 25.9 Å². The van der Waals surface area contributed by atoms with Crippen LogP contribution in [0.2, 0.25) is 0 Å². The minimum Gasteiger partial charge on any atom is -0.481 e. The number of benzene rings is 1. The molecule has 0 saturated carbocycles. The van der Waals surface area contributed by atoms with Gasteiger partial charge in [0.15, 0.2) is 0 Å². The third-order valence-corrected chi connectivity index (χ3v) is 5.57. The molecule has 1 aromatic carbocycles. The number of rotatable bonds is 15. The van der Waals surface area contributed by atoms with Gasteiger partial charge in [-0.3, -0.25) is 19.2 Å². The van der Waals surface area contributed by atoms with Crippen LogP contribution in [0.5, 0.6) is 0 Å². The van der Waals surface area contributed by atoms with Crippen molar-refractivity contribution in [1.29, 1.82) is 0 Å². The van der Waals surface area contributed by atoms with E-state index in [1.165, 1.54) is 0 Å². The average molecular weight is 507 g/mol. The Labute approximate surface area is 209 Å². The van der Waals surface area contributed by atoms with Crippen molar-refractivity contribution >= 4 is 29.7 Å². The highest BCUT2D eigenvalue weighted by atomic mass is 16.5. The first-order valence-electron chi connectivity index (χ1n) is 11.9. The fraction of sp³-hybridized carbons (Fsp3) is 0.542. The van der Waals surface area contributed by atoms with Crippen molar-refractivity contribution < 1.29 is 38.9 Å². The molecule has 12 heteroatoms. The van der Waals surface area contributed by atoms with E-state index in [0.29, 0.717) is 5.56 Å². The van der Waals surface area contributed by atoms with Gasteiger partial charge in [0.25, 0.3) is 0 Å². The zero-order valence-electron chi connectivity index (χ0n) is 20.0. The molecular formula is C24H34N4O8. The van der Waals surface area contributed by atoms with E-state index in [4.69, 9.17) is 9.84 Å². The standard InChI is InChI=1S/C24H34N4O8/c29-20(7-4-10-26-21(30)15-36-17-8-11-25-12-9-17)27-18(14-22(31)32)23(33)28-19(24(34)35)13-16-5-2-1-3-6-16/h1-3,5-6,17-19,25H,4,7-15H2,(H,26,30)(H,27,29)(H,28,33)(H,31,32)(H,34,35)/t18-,19-/m0/s1. The molecule has 1 aliphatic heterocycles. The third-order valence-electron chi connectivity index (χ3n) is 5.57. The average Bonchev–Trinajstić information content (AvgIpc) is 2.85. The van der Waals surface area contributed by atoms with Crippen LogP contribution in [0.3, 0.4) is 0 Å². The second-order valence-electron chi connectivity index (χ2n) is 8.52. The van der Waals surface area contributed by atoms with Gasteiger partial charge in [0.1, 0.15) is 18.7 Å². The number of ether oxygens (including phenoxy) is 1. The number of carboxylic acids is 2. The molecule has 3 amide bonds. The summed E-state index contributed by atoms with van der Waals surface area (Å²) in [5.41, 5.74) is 0.673. The Morgan fingerprint density at radius 2 is 1.67 bits per heavy atom. The molecule has 0 bridgehead atoms. The quantitative estimate of drug-likeness (QED) is 0.170. The van der Waals surface area contributed by atoms with E-state index < -0.39 is 42.3 Å². The highest BCUT2D eigenvalue weighted by Crippen LogP contribution is 2.07. The first-order valence-corrected chi connectivity index (χ1v) is 11.9. The first-order chi connectivity index (χ1) is 17.2. The predicted molar refractivity (Wildman–Crippen MR) is 128 cm³/mol. The molecule has 0 unspecified atom stereocenters. The van der Waals surface area contributed by atoms with Crippen LogP contribution >= 0.6 is 0 Å². The van der Waals surface area contributed by atoms with Gasteiger partial charge in [-0.2, -0.15) is 0 Å². The van der Waals surface area contributed by atoms with Gasteiger partial charge in [-0.1, -0.05) is 30.3 Å². The van der Waals surface area contributed by atoms with Crippen LogP contribution in [-0.2, 0) is 35.1 Å². The zero-order valence-corrected chi connectivity index (χ0v) is 20.0. The maximum absolute atomic E-state index is 12.6. The Kier molecular flexibility index (Phi) is 12.4. The largest absolute Gasteiger partial charge is 0.481 e. The minimum absolute atomic E-state index is 0.00327. The smallest absolute Gasteiger partial charge is 0.326 e. The Balaban J connectivity index is 1.76. The number of hydrogen-bond acceptors (Lipinski definition) is 7. The number of carboxylic acid groups (broad SMARTS) is 2. The summed E-state index contributed by atoms with van der Waals surface area (Å²) in [6.45, 7) is 1.85. The Bertz CT molecular complexity index is 889. The highest BCUT2D eigenvalue weighted by Gasteiger charge is 2.28. The van der Waals surface area contributed by atoms with Crippen LogP contribution in [0.15, 0.2) is 30.3 Å². The van der Waals surface area contributed by atoms with Crippen molar-refractivity contribution in [2.75, 3.05) is 26.2 Å². The molecule has 198 valence electrons. The van der Waals surface area contributed by atoms with Gasteiger partial charge >= 0.3 is 11.9 Å². The lowest BCUT2D eigenvalue weighted by molar-refractivity contribution is -0.143. The molecular weight excluding hydrogens is 472 g/mol. The molecule has 6 N–H and O–H groups in total. The van der Waals surface area contributed by atoms with Gasteiger partial charge < -0.3 is 36.2 Å². The Morgan fingerprint density at radius 3 is 2.31 bits per heavy atom. The van der Waals surface area contributed by atoms with Crippen molar-refractivity contribution in [1.82, 2.24) is 21.3 Å². The lowest BCUT2D eigenvalue weighted by Gasteiger charge is -2.22. The van der Waals surface area contributed by atoms with Crippen LogP contribution in [-0.4, -0.2) is 84.3 Å². The monoisotopic (exact) mass is 506 g/mol. The van der Waals surface area contributed by atoms with Crippen LogP contribution in [0.4, 0.5) is 0 Å². The summed E-state index contributed by atoms with van der Waals surface area (Å²) < 4.78 is 5.55. The zero-order chi connectivity index (χ0) is 26.3. The summed E-state index contributed by atoms with van der Waals surface area (Å²) in [5.74, 6) is -4.40. The molecule has 36 heavy (non-hydrogen) atoms. The summed E-state index contributed by atoms with van der Waals surface area (Å²) in [7, 11) is 0. The molecule has 0 spiro atoms.